The molecule has 0 aliphatic rings. The van der Waals surface area contributed by atoms with Gasteiger partial charge in [-0.05, 0) is 12.0 Å². The van der Waals surface area contributed by atoms with E-state index in [-0.39, 0.29) is 12.3 Å². The minimum absolute atomic E-state index is 0.0160. The van der Waals surface area contributed by atoms with Crippen LogP contribution in [0.3, 0.4) is 0 Å². The molecular weight excluding hydrogens is 280 g/mol. The van der Waals surface area contributed by atoms with Crippen LogP contribution in [0.4, 0.5) is 0 Å². The predicted octanol–water partition coefficient (Wildman–Crippen LogP) is 3.10. The monoisotopic (exact) mass is 306 g/mol. The summed E-state index contributed by atoms with van der Waals surface area (Å²) in [4.78, 5) is 23.4. The molecule has 1 aromatic rings. The molecule has 0 fully saturated rings. The molecule has 0 saturated carbocycles. The molecule has 0 bridgehead atoms. The quantitative estimate of drug-likeness (QED) is 0.353. The van der Waals surface area contributed by atoms with Crippen molar-refractivity contribution in [2.24, 2.45) is 0 Å². The number of benzene rings is 1. The highest BCUT2D eigenvalue weighted by atomic mass is 16.5. The maximum Gasteiger partial charge on any atom is 0.245 e. The Labute approximate surface area is 132 Å². The summed E-state index contributed by atoms with van der Waals surface area (Å²) >= 11 is 0. The fourth-order valence-corrected chi connectivity index (χ4v) is 2.32. The van der Waals surface area contributed by atoms with Gasteiger partial charge in [0.1, 0.15) is 0 Å². The molecule has 1 aromatic carbocycles. The first-order valence-electron chi connectivity index (χ1n) is 7.94. The van der Waals surface area contributed by atoms with Crippen molar-refractivity contribution in [1.82, 2.24) is 10.8 Å². The van der Waals surface area contributed by atoms with E-state index in [9.17, 15) is 9.59 Å². The van der Waals surface area contributed by atoms with E-state index in [0.29, 0.717) is 6.42 Å². The van der Waals surface area contributed by atoms with Gasteiger partial charge in [0.05, 0.1) is 12.5 Å². The minimum atomic E-state index is -0.517. The fourth-order valence-electron chi connectivity index (χ4n) is 2.32. The van der Waals surface area contributed by atoms with Gasteiger partial charge in [0.25, 0.3) is 0 Å². The predicted molar refractivity (Wildman–Crippen MR) is 85.2 cm³/mol. The summed E-state index contributed by atoms with van der Waals surface area (Å²) in [5.74, 6) is -0.576. The molecule has 0 saturated heterocycles. The number of amides is 2. The summed E-state index contributed by atoms with van der Waals surface area (Å²) in [6.45, 7) is 2.16. The second kappa shape index (κ2) is 10.8. The van der Waals surface area contributed by atoms with Gasteiger partial charge in [-0.3, -0.25) is 14.8 Å². The van der Waals surface area contributed by atoms with Crippen molar-refractivity contribution in [3.05, 3.63) is 35.9 Å². The van der Waals surface area contributed by atoms with Gasteiger partial charge >= 0.3 is 0 Å². The summed E-state index contributed by atoms with van der Waals surface area (Å²) in [5, 5.41) is 11.6. The van der Waals surface area contributed by atoms with Crippen LogP contribution in [-0.4, -0.2) is 17.0 Å². The highest BCUT2D eigenvalue weighted by molar-refractivity contribution is 5.79. The third-order valence-electron chi connectivity index (χ3n) is 3.56. The largest absolute Gasteiger partial charge is 0.349 e. The van der Waals surface area contributed by atoms with Gasteiger partial charge in [-0.1, -0.05) is 62.9 Å². The Balaban J connectivity index is 2.50. The number of rotatable bonds is 10. The molecule has 0 spiro atoms. The van der Waals surface area contributed by atoms with Crippen molar-refractivity contribution in [3.8, 4) is 0 Å². The van der Waals surface area contributed by atoms with E-state index < -0.39 is 11.9 Å². The highest BCUT2D eigenvalue weighted by Gasteiger charge is 2.17. The van der Waals surface area contributed by atoms with Crippen LogP contribution in [0, 0.1) is 0 Å². The molecule has 0 radical (unpaired) electrons. The van der Waals surface area contributed by atoms with Crippen molar-refractivity contribution in [2.45, 2.75) is 57.9 Å². The second-order valence-corrected chi connectivity index (χ2v) is 5.43. The van der Waals surface area contributed by atoms with Gasteiger partial charge in [-0.25, -0.2) is 5.48 Å². The number of carbonyl (C=O) groups excluding carboxylic acids is 2. The molecule has 0 aliphatic carbocycles. The van der Waals surface area contributed by atoms with Gasteiger partial charge in [0.15, 0.2) is 0 Å². The van der Waals surface area contributed by atoms with Crippen LogP contribution >= 0.6 is 0 Å². The van der Waals surface area contributed by atoms with E-state index >= 15 is 0 Å². The lowest BCUT2D eigenvalue weighted by atomic mass is 10.0. The lowest BCUT2D eigenvalue weighted by Crippen LogP contribution is -2.32. The van der Waals surface area contributed by atoms with Crippen molar-refractivity contribution in [2.75, 3.05) is 0 Å². The molecule has 1 unspecified atom stereocenters. The van der Waals surface area contributed by atoms with Crippen LogP contribution in [0.2, 0.25) is 0 Å². The number of hydroxylamine groups is 1. The van der Waals surface area contributed by atoms with Crippen LogP contribution < -0.4 is 10.8 Å². The molecule has 5 heteroatoms. The zero-order chi connectivity index (χ0) is 16.2. The van der Waals surface area contributed by atoms with E-state index in [1.807, 2.05) is 30.3 Å². The van der Waals surface area contributed by atoms with Crippen LogP contribution in [0.1, 0.15) is 63.5 Å². The topological polar surface area (TPSA) is 78.4 Å². The molecule has 22 heavy (non-hydrogen) atoms. The second-order valence-electron chi connectivity index (χ2n) is 5.43. The van der Waals surface area contributed by atoms with Gasteiger partial charge in [-0.2, -0.15) is 0 Å². The molecule has 0 heterocycles. The van der Waals surface area contributed by atoms with Crippen LogP contribution in [0.25, 0.3) is 0 Å². The molecule has 1 atom stereocenters. The maximum atomic E-state index is 12.0. The SMILES string of the molecule is CCCCCCCC(=O)NC(CC(=O)NO)c1ccccc1. The molecule has 5 nitrogen and oxygen atoms in total. The van der Waals surface area contributed by atoms with E-state index in [1.54, 1.807) is 5.48 Å². The first-order chi connectivity index (χ1) is 10.7. The van der Waals surface area contributed by atoms with Gasteiger partial charge in [-0.15, -0.1) is 0 Å². The van der Waals surface area contributed by atoms with Gasteiger partial charge < -0.3 is 5.32 Å². The molecule has 1 rings (SSSR count). The van der Waals surface area contributed by atoms with Crippen LogP contribution in [0.15, 0.2) is 30.3 Å². The Morgan fingerprint density at radius 1 is 1.05 bits per heavy atom. The van der Waals surface area contributed by atoms with E-state index in [2.05, 4.69) is 12.2 Å². The first-order valence-corrected chi connectivity index (χ1v) is 7.94. The summed E-state index contributed by atoms with van der Waals surface area (Å²) < 4.78 is 0. The number of carbonyl (C=O) groups is 2. The Morgan fingerprint density at radius 3 is 2.36 bits per heavy atom. The summed E-state index contributed by atoms with van der Waals surface area (Å²) in [7, 11) is 0. The third kappa shape index (κ3) is 7.22. The lowest BCUT2D eigenvalue weighted by Gasteiger charge is -2.18. The molecule has 2 amide bonds. The van der Waals surface area contributed by atoms with Gasteiger partial charge in [0, 0.05) is 6.42 Å². The maximum absolute atomic E-state index is 12.0. The van der Waals surface area contributed by atoms with E-state index in [4.69, 9.17) is 5.21 Å². The smallest absolute Gasteiger partial charge is 0.245 e. The Kier molecular flexibility index (Phi) is 8.91. The van der Waals surface area contributed by atoms with Gasteiger partial charge in [0.2, 0.25) is 11.8 Å². The standard InChI is InChI=1S/C17H26N2O3/c1-2-3-4-5-9-12-16(20)18-15(13-17(21)19-22)14-10-7-6-8-11-14/h6-8,10-11,15,22H,2-5,9,12-13H2,1H3,(H,18,20)(H,19,21). The Bertz CT molecular complexity index is 448. The van der Waals surface area contributed by atoms with E-state index in [1.165, 1.54) is 12.8 Å². The number of hydrogen-bond donors (Lipinski definition) is 3. The third-order valence-corrected chi connectivity index (χ3v) is 3.56. The zero-order valence-electron chi connectivity index (χ0n) is 13.2. The molecule has 0 aliphatic heterocycles. The molecular formula is C17H26N2O3. The number of hydrogen-bond acceptors (Lipinski definition) is 3. The highest BCUT2D eigenvalue weighted by Crippen LogP contribution is 2.17. The van der Waals surface area contributed by atoms with E-state index in [0.717, 1.165) is 24.8 Å². The van der Waals surface area contributed by atoms with Crippen molar-refractivity contribution in [1.29, 1.82) is 0 Å². The number of nitrogens with one attached hydrogen (secondary N) is 2. The first kappa shape index (κ1) is 18.2. The summed E-state index contributed by atoms with van der Waals surface area (Å²) in [5.41, 5.74) is 2.47. The van der Waals surface area contributed by atoms with Crippen molar-refractivity contribution < 1.29 is 14.8 Å². The molecule has 122 valence electrons. The molecule has 3 N–H and O–H groups in total. The van der Waals surface area contributed by atoms with Crippen LogP contribution in [0.5, 0.6) is 0 Å². The minimum Gasteiger partial charge on any atom is -0.349 e. The van der Waals surface area contributed by atoms with Crippen LogP contribution in [-0.2, 0) is 9.59 Å². The van der Waals surface area contributed by atoms with Crippen molar-refractivity contribution in [3.63, 3.8) is 0 Å². The Hall–Kier alpha value is -1.88. The summed E-state index contributed by atoms with van der Waals surface area (Å²) in [6, 6.07) is 8.89. The fraction of sp³-hybridized carbons (Fsp3) is 0.529. The Morgan fingerprint density at radius 2 is 1.73 bits per heavy atom. The lowest BCUT2D eigenvalue weighted by molar-refractivity contribution is -0.130. The van der Waals surface area contributed by atoms with Crippen molar-refractivity contribution >= 4 is 11.8 Å². The summed E-state index contributed by atoms with van der Waals surface area (Å²) in [6.07, 6.45) is 5.92. The normalized spacial score (nSPS) is 11.7. The molecule has 0 aromatic heterocycles. The average molecular weight is 306 g/mol. The average Bonchev–Trinajstić information content (AvgIpc) is 2.54. The number of unbranched alkanes of at least 4 members (excludes halogenated alkanes) is 4. The zero-order valence-corrected chi connectivity index (χ0v) is 13.2.